The Morgan fingerprint density at radius 2 is 2.50 bits per heavy atom. The summed E-state index contributed by atoms with van der Waals surface area (Å²) in [6.07, 6.45) is 2.10. The van der Waals surface area contributed by atoms with Crippen LogP contribution in [-0.4, -0.2) is 12.3 Å². The second kappa shape index (κ2) is 2.62. The van der Waals surface area contributed by atoms with E-state index in [-0.39, 0.29) is 12.3 Å². The summed E-state index contributed by atoms with van der Waals surface area (Å²) in [6.45, 7) is 0.240. The first-order valence-electron chi connectivity index (χ1n) is 3.67. The molecule has 5 heteroatoms. The highest BCUT2D eigenvalue weighted by Crippen LogP contribution is 2.22. The van der Waals surface area contributed by atoms with E-state index in [4.69, 9.17) is 10.6 Å². The molecule has 4 N–H and O–H groups in total. The van der Waals surface area contributed by atoms with Crippen LogP contribution in [-0.2, 0) is 9.63 Å². The maximum Gasteiger partial charge on any atom is 0.171 e. The maximum atomic E-state index is 11.3. The van der Waals surface area contributed by atoms with Crippen LogP contribution < -0.4 is 16.7 Å². The highest BCUT2D eigenvalue weighted by atomic mass is 16.7. The van der Waals surface area contributed by atoms with Crippen LogP contribution in [0.15, 0.2) is 23.1 Å². The minimum atomic E-state index is 0.0519. The SMILES string of the molecule is NCC1=C2NNOC2=CCC1=O. The van der Waals surface area contributed by atoms with Crippen molar-refractivity contribution in [3.63, 3.8) is 0 Å². The summed E-state index contributed by atoms with van der Waals surface area (Å²) in [5.74, 6) is 0.714. The second-order valence-electron chi connectivity index (χ2n) is 2.58. The summed E-state index contributed by atoms with van der Waals surface area (Å²) in [5, 5.41) is 0. The van der Waals surface area contributed by atoms with Crippen LogP contribution in [0, 0.1) is 0 Å². The predicted octanol–water partition coefficient (Wildman–Crippen LogP) is -0.905. The number of Topliss-reactive ketones (excluding diaryl/α,β-unsaturated/α-hetero) is 1. The molecule has 1 fully saturated rings. The van der Waals surface area contributed by atoms with Crippen molar-refractivity contribution in [2.75, 3.05) is 6.54 Å². The van der Waals surface area contributed by atoms with E-state index in [9.17, 15) is 4.79 Å². The Labute approximate surface area is 69.2 Å². The van der Waals surface area contributed by atoms with Crippen LogP contribution in [0.2, 0.25) is 0 Å². The number of hydrogen-bond donors (Lipinski definition) is 3. The van der Waals surface area contributed by atoms with Gasteiger partial charge in [0.15, 0.2) is 11.5 Å². The first-order chi connectivity index (χ1) is 5.83. The van der Waals surface area contributed by atoms with Gasteiger partial charge in [0.05, 0.1) is 0 Å². The van der Waals surface area contributed by atoms with Gasteiger partial charge in [-0.05, 0) is 6.08 Å². The molecule has 64 valence electrons. The fourth-order valence-corrected chi connectivity index (χ4v) is 1.28. The van der Waals surface area contributed by atoms with Crippen LogP contribution in [0.1, 0.15) is 6.42 Å². The van der Waals surface area contributed by atoms with Gasteiger partial charge in [0.2, 0.25) is 0 Å². The van der Waals surface area contributed by atoms with Crippen LogP contribution in [0.4, 0.5) is 0 Å². The molecule has 5 nitrogen and oxygen atoms in total. The number of nitrogens with one attached hydrogen (secondary N) is 2. The van der Waals surface area contributed by atoms with E-state index in [1.807, 2.05) is 0 Å². The van der Waals surface area contributed by atoms with Crippen molar-refractivity contribution in [2.45, 2.75) is 6.42 Å². The summed E-state index contributed by atoms with van der Waals surface area (Å²) >= 11 is 0. The van der Waals surface area contributed by atoms with Crippen LogP contribution in [0.5, 0.6) is 0 Å². The van der Waals surface area contributed by atoms with Crippen molar-refractivity contribution in [3.05, 3.63) is 23.1 Å². The largest absolute Gasteiger partial charge is 0.387 e. The summed E-state index contributed by atoms with van der Waals surface area (Å²) in [5.41, 5.74) is 11.9. The molecule has 0 aromatic carbocycles. The van der Waals surface area contributed by atoms with E-state index in [0.717, 1.165) is 0 Å². The van der Waals surface area contributed by atoms with Gasteiger partial charge in [0.25, 0.3) is 0 Å². The van der Waals surface area contributed by atoms with Crippen LogP contribution in [0.3, 0.4) is 0 Å². The van der Waals surface area contributed by atoms with Gasteiger partial charge >= 0.3 is 0 Å². The number of hydrazine groups is 1. The molecule has 0 radical (unpaired) electrons. The maximum absolute atomic E-state index is 11.3. The number of carbonyl (C=O) groups excluding carboxylic acids is 1. The van der Waals surface area contributed by atoms with Gasteiger partial charge in [0, 0.05) is 18.5 Å². The Kier molecular flexibility index (Phi) is 1.60. The van der Waals surface area contributed by atoms with E-state index >= 15 is 0 Å². The van der Waals surface area contributed by atoms with Crippen molar-refractivity contribution in [2.24, 2.45) is 5.73 Å². The topological polar surface area (TPSA) is 76.4 Å². The molecular formula is C7H9N3O2. The minimum Gasteiger partial charge on any atom is -0.387 e. The Morgan fingerprint density at radius 1 is 1.67 bits per heavy atom. The molecule has 1 aliphatic heterocycles. The zero-order valence-electron chi connectivity index (χ0n) is 6.39. The third-order valence-corrected chi connectivity index (χ3v) is 1.90. The molecule has 1 heterocycles. The van der Waals surface area contributed by atoms with Crippen LogP contribution >= 0.6 is 0 Å². The van der Waals surface area contributed by atoms with E-state index < -0.39 is 0 Å². The predicted molar refractivity (Wildman–Crippen MR) is 41.1 cm³/mol. The average molecular weight is 167 g/mol. The first kappa shape index (κ1) is 7.33. The molecule has 1 aliphatic carbocycles. The van der Waals surface area contributed by atoms with Crippen molar-refractivity contribution in [1.82, 2.24) is 11.0 Å². The highest BCUT2D eigenvalue weighted by molar-refractivity contribution is 5.99. The summed E-state index contributed by atoms with van der Waals surface area (Å²) in [4.78, 5) is 16.2. The fraction of sp³-hybridized carbons (Fsp3) is 0.286. The second-order valence-corrected chi connectivity index (χ2v) is 2.58. The average Bonchev–Trinajstić information content (AvgIpc) is 2.52. The lowest BCUT2D eigenvalue weighted by molar-refractivity contribution is -0.115. The van der Waals surface area contributed by atoms with Gasteiger partial charge in [0.1, 0.15) is 5.70 Å². The molecule has 0 saturated carbocycles. The lowest BCUT2D eigenvalue weighted by Crippen LogP contribution is -2.25. The zero-order chi connectivity index (χ0) is 8.55. The van der Waals surface area contributed by atoms with E-state index in [1.54, 1.807) is 6.08 Å². The summed E-state index contributed by atoms with van der Waals surface area (Å²) in [6, 6.07) is 0. The lowest BCUT2D eigenvalue weighted by atomic mass is 10.00. The zero-order valence-corrected chi connectivity index (χ0v) is 6.39. The number of rotatable bonds is 1. The number of hydrogen-bond acceptors (Lipinski definition) is 5. The Hall–Kier alpha value is -1.33. The number of carbonyl (C=O) groups is 1. The molecule has 12 heavy (non-hydrogen) atoms. The molecule has 0 unspecified atom stereocenters. The molecule has 0 aromatic heterocycles. The Bertz CT molecular complexity index is 293. The number of allylic oxidation sites excluding steroid dienone is 1. The molecule has 2 aliphatic rings. The van der Waals surface area contributed by atoms with Crippen molar-refractivity contribution in [3.8, 4) is 0 Å². The van der Waals surface area contributed by atoms with Crippen LogP contribution in [0.25, 0.3) is 0 Å². The van der Waals surface area contributed by atoms with Gasteiger partial charge in [-0.3, -0.25) is 10.2 Å². The highest BCUT2D eigenvalue weighted by Gasteiger charge is 2.26. The van der Waals surface area contributed by atoms with Crippen molar-refractivity contribution >= 4 is 5.78 Å². The van der Waals surface area contributed by atoms with Gasteiger partial charge < -0.3 is 10.6 Å². The first-order valence-corrected chi connectivity index (χ1v) is 3.67. The van der Waals surface area contributed by atoms with Gasteiger partial charge in [-0.2, -0.15) is 0 Å². The monoisotopic (exact) mass is 167 g/mol. The molecular weight excluding hydrogens is 158 g/mol. The molecule has 0 aromatic rings. The van der Waals surface area contributed by atoms with Crippen molar-refractivity contribution in [1.29, 1.82) is 0 Å². The quantitative estimate of drug-likeness (QED) is 0.471. The summed E-state index contributed by atoms with van der Waals surface area (Å²) < 4.78 is 0. The van der Waals surface area contributed by atoms with Gasteiger partial charge in [-0.15, -0.1) is 0 Å². The standard InChI is InChI=1S/C7H9N3O2/c8-3-4-5(11)1-2-6-7(4)9-10-12-6/h2,9-10H,1,3,8H2. The number of ketones is 1. The third-order valence-electron chi connectivity index (χ3n) is 1.90. The third kappa shape index (κ3) is 0.910. The number of fused-ring (bicyclic) bond motifs is 1. The summed E-state index contributed by atoms with van der Waals surface area (Å²) in [7, 11) is 0. The Morgan fingerprint density at radius 3 is 3.25 bits per heavy atom. The smallest absolute Gasteiger partial charge is 0.171 e. The molecule has 0 amide bonds. The van der Waals surface area contributed by atoms with E-state index in [2.05, 4.69) is 11.0 Å². The lowest BCUT2D eigenvalue weighted by Gasteiger charge is -2.10. The number of nitrogens with two attached hydrogens (primary N) is 1. The van der Waals surface area contributed by atoms with Gasteiger partial charge in [-0.1, -0.05) is 5.59 Å². The van der Waals surface area contributed by atoms with E-state index in [1.165, 1.54) is 0 Å². The van der Waals surface area contributed by atoms with E-state index in [0.29, 0.717) is 23.5 Å². The normalized spacial score (nSPS) is 21.4. The Balaban J connectivity index is 2.43. The molecule has 1 saturated heterocycles. The fourth-order valence-electron chi connectivity index (χ4n) is 1.28. The molecule has 2 rings (SSSR count). The molecule has 0 atom stereocenters. The molecule has 0 bridgehead atoms. The minimum absolute atomic E-state index is 0.0519. The molecule has 0 spiro atoms. The van der Waals surface area contributed by atoms with Crippen molar-refractivity contribution < 1.29 is 9.63 Å². The van der Waals surface area contributed by atoms with Gasteiger partial charge in [-0.25, -0.2) is 0 Å².